The first-order valence-corrected chi connectivity index (χ1v) is 8.78. The lowest BCUT2D eigenvalue weighted by atomic mass is 10.1. The number of pyridine rings is 1. The van der Waals surface area contributed by atoms with Gasteiger partial charge in [-0.2, -0.15) is 0 Å². The number of amides is 1. The second kappa shape index (κ2) is 8.81. The number of aromatic nitrogens is 1. The molecule has 0 saturated heterocycles. The largest absolute Gasteiger partial charge is 0.489 e. The molecular weight excluding hydrogens is 336 g/mol. The molecule has 0 aliphatic carbocycles. The smallest absolute Gasteiger partial charge is 0.248 e. The van der Waals surface area contributed by atoms with E-state index in [-0.39, 0.29) is 5.91 Å². The topological polar surface area (TPSA) is 51.2 Å². The Morgan fingerprint density at radius 3 is 2.63 bits per heavy atom. The van der Waals surface area contributed by atoms with Gasteiger partial charge in [0, 0.05) is 24.2 Å². The van der Waals surface area contributed by atoms with E-state index in [1.165, 1.54) is 11.6 Å². The van der Waals surface area contributed by atoms with Crippen molar-refractivity contribution in [3.05, 3.63) is 95.3 Å². The lowest BCUT2D eigenvalue weighted by Crippen LogP contribution is -2.09. The van der Waals surface area contributed by atoms with E-state index in [1.54, 1.807) is 18.5 Å². The number of anilines is 1. The second-order valence-electron chi connectivity index (χ2n) is 6.36. The first kappa shape index (κ1) is 18.4. The van der Waals surface area contributed by atoms with E-state index >= 15 is 0 Å². The van der Waals surface area contributed by atoms with Crippen molar-refractivity contribution in [2.24, 2.45) is 0 Å². The van der Waals surface area contributed by atoms with Gasteiger partial charge in [0.2, 0.25) is 5.91 Å². The van der Waals surface area contributed by atoms with Gasteiger partial charge in [-0.05, 0) is 66.9 Å². The van der Waals surface area contributed by atoms with Gasteiger partial charge in [-0.25, -0.2) is 0 Å². The van der Waals surface area contributed by atoms with Crippen LogP contribution in [0.1, 0.15) is 22.3 Å². The van der Waals surface area contributed by atoms with Crippen LogP contribution < -0.4 is 10.1 Å². The summed E-state index contributed by atoms with van der Waals surface area (Å²) in [5.41, 5.74) is 4.98. The number of ether oxygens (including phenoxy) is 1. The minimum absolute atomic E-state index is 0.177. The second-order valence-corrected chi connectivity index (χ2v) is 6.36. The van der Waals surface area contributed by atoms with Crippen LogP contribution in [-0.4, -0.2) is 10.9 Å². The molecule has 0 aliphatic rings. The average Bonchev–Trinajstić information content (AvgIpc) is 2.67. The predicted molar refractivity (Wildman–Crippen MR) is 109 cm³/mol. The maximum Gasteiger partial charge on any atom is 0.248 e. The SMILES string of the molecule is Cc1cccc(COc2ccc(NC(=O)/C=C/c3ccncc3)c(C)c2)c1. The normalized spacial score (nSPS) is 10.7. The standard InChI is InChI=1S/C23H22N2O2/c1-17-4-3-5-20(14-17)16-27-21-7-8-22(18(2)15-21)25-23(26)9-6-19-10-12-24-13-11-19/h3-15H,16H2,1-2H3,(H,25,26)/b9-6+. The molecule has 3 rings (SSSR count). The number of carbonyl (C=O) groups is 1. The molecule has 0 aliphatic heterocycles. The van der Waals surface area contributed by atoms with E-state index in [0.29, 0.717) is 6.61 Å². The Hall–Kier alpha value is -3.40. The maximum atomic E-state index is 12.1. The summed E-state index contributed by atoms with van der Waals surface area (Å²) in [6.07, 6.45) is 6.65. The predicted octanol–water partition coefficient (Wildman–Crippen LogP) is 4.93. The number of benzene rings is 2. The Kier molecular flexibility index (Phi) is 6.00. The quantitative estimate of drug-likeness (QED) is 0.636. The van der Waals surface area contributed by atoms with Crippen molar-refractivity contribution in [2.75, 3.05) is 5.32 Å². The maximum absolute atomic E-state index is 12.1. The molecule has 4 nitrogen and oxygen atoms in total. The number of rotatable bonds is 6. The highest BCUT2D eigenvalue weighted by atomic mass is 16.5. The zero-order valence-corrected chi connectivity index (χ0v) is 15.5. The first-order chi connectivity index (χ1) is 13.1. The zero-order chi connectivity index (χ0) is 19.1. The third-order valence-electron chi connectivity index (χ3n) is 4.08. The fourth-order valence-electron chi connectivity index (χ4n) is 2.66. The van der Waals surface area contributed by atoms with Crippen LogP contribution in [0.25, 0.3) is 6.08 Å². The van der Waals surface area contributed by atoms with Gasteiger partial charge in [0.1, 0.15) is 12.4 Å². The molecule has 1 amide bonds. The van der Waals surface area contributed by atoms with Crippen LogP contribution in [0.2, 0.25) is 0 Å². The van der Waals surface area contributed by atoms with Gasteiger partial charge < -0.3 is 10.1 Å². The monoisotopic (exact) mass is 358 g/mol. The highest BCUT2D eigenvalue weighted by Gasteiger charge is 2.04. The van der Waals surface area contributed by atoms with Gasteiger partial charge in [-0.15, -0.1) is 0 Å². The Balaban J connectivity index is 1.59. The van der Waals surface area contributed by atoms with Crippen LogP contribution in [0.5, 0.6) is 5.75 Å². The van der Waals surface area contributed by atoms with Gasteiger partial charge in [0.25, 0.3) is 0 Å². The summed E-state index contributed by atoms with van der Waals surface area (Å²) in [4.78, 5) is 16.1. The summed E-state index contributed by atoms with van der Waals surface area (Å²) >= 11 is 0. The van der Waals surface area contributed by atoms with Crippen LogP contribution >= 0.6 is 0 Å². The van der Waals surface area contributed by atoms with Crippen molar-refractivity contribution < 1.29 is 9.53 Å². The van der Waals surface area contributed by atoms with Gasteiger partial charge in [0.15, 0.2) is 0 Å². The van der Waals surface area contributed by atoms with Crippen molar-refractivity contribution in [3.63, 3.8) is 0 Å². The van der Waals surface area contributed by atoms with E-state index < -0.39 is 0 Å². The first-order valence-electron chi connectivity index (χ1n) is 8.78. The zero-order valence-electron chi connectivity index (χ0n) is 15.5. The van der Waals surface area contributed by atoms with Crippen molar-refractivity contribution in [3.8, 4) is 5.75 Å². The molecule has 27 heavy (non-hydrogen) atoms. The summed E-state index contributed by atoms with van der Waals surface area (Å²) in [6.45, 7) is 4.53. The minimum Gasteiger partial charge on any atom is -0.489 e. The summed E-state index contributed by atoms with van der Waals surface area (Å²) < 4.78 is 5.86. The summed E-state index contributed by atoms with van der Waals surface area (Å²) in [6, 6.07) is 17.6. The highest BCUT2D eigenvalue weighted by Crippen LogP contribution is 2.22. The Bertz CT molecular complexity index is 950. The fourth-order valence-corrected chi connectivity index (χ4v) is 2.66. The van der Waals surface area contributed by atoms with Crippen LogP contribution in [0.15, 0.2) is 73.1 Å². The Labute approximate surface area is 159 Å². The van der Waals surface area contributed by atoms with Crippen LogP contribution in [0.4, 0.5) is 5.69 Å². The average molecular weight is 358 g/mol. The lowest BCUT2D eigenvalue weighted by Gasteiger charge is -2.11. The van der Waals surface area contributed by atoms with E-state index in [4.69, 9.17) is 4.74 Å². The number of carbonyl (C=O) groups excluding carboxylic acids is 1. The molecule has 1 heterocycles. The van der Waals surface area contributed by atoms with Gasteiger partial charge in [0.05, 0.1) is 0 Å². The van der Waals surface area contributed by atoms with Crippen LogP contribution in [-0.2, 0) is 11.4 Å². The minimum atomic E-state index is -0.177. The molecule has 3 aromatic rings. The summed E-state index contributed by atoms with van der Waals surface area (Å²) in [7, 11) is 0. The molecule has 4 heteroatoms. The van der Waals surface area contributed by atoms with E-state index in [1.807, 2.05) is 49.4 Å². The molecule has 136 valence electrons. The van der Waals surface area contributed by atoms with Crippen molar-refractivity contribution in [1.82, 2.24) is 4.98 Å². The number of aryl methyl sites for hydroxylation is 2. The van der Waals surface area contributed by atoms with Gasteiger partial charge >= 0.3 is 0 Å². The molecule has 0 unspecified atom stereocenters. The molecule has 2 aromatic carbocycles. The number of nitrogens with one attached hydrogen (secondary N) is 1. The molecule has 0 atom stereocenters. The van der Waals surface area contributed by atoms with Gasteiger partial charge in [-0.1, -0.05) is 29.8 Å². The Morgan fingerprint density at radius 2 is 1.89 bits per heavy atom. The molecule has 0 bridgehead atoms. The summed E-state index contributed by atoms with van der Waals surface area (Å²) in [5.74, 6) is 0.600. The molecule has 1 aromatic heterocycles. The van der Waals surface area contributed by atoms with Gasteiger partial charge in [-0.3, -0.25) is 9.78 Å². The third kappa shape index (κ3) is 5.54. The third-order valence-corrected chi connectivity index (χ3v) is 4.08. The fraction of sp³-hybridized carbons (Fsp3) is 0.130. The van der Waals surface area contributed by atoms with Crippen LogP contribution in [0.3, 0.4) is 0 Å². The lowest BCUT2D eigenvalue weighted by molar-refractivity contribution is -0.111. The van der Waals surface area contributed by atoms with Crippen LogP contribution in [0, 0.1) is 13.8 Å². The molecule has 0 spiro atoms. The summed E-state index contributed by atoms with van der Waals surface area (Å²) in [5, 5.41) is 2.89. The van der Waals surface area contributed by atoms with E-state index in [2.05, 4.69) is 29.4 Å². The molecule has 0 radical (unpaired) electrons. The van der Waals surface area contributed by atoms with Crippen molar-refractivity contribution >= 4 is 17.7 Å². The highest BCUT2D eigenvalue weighted by molar-refractivity contribution is 6.02. The van der Waals surface area contributed by atoms with Crippen molar-refractivity contribution in [2.45, 2.75) is 20.5 Å². The van der Waals surface area contributed by atoms with Crippen molar-refractivity contribution in [1.29, 1.82) is 0 Å². The number of nitrogens with zero attached hydrogens (tertiary/aromatic N) is 1. The molecule has 0 fully saturated rings. The Morgan fingerprint density at radius 1 is 1.07 bits per heavy atom. The molecule has 0 saturated carbocycles. The van der Waals surface area contributed by atoms with E-state index in [0.717, 1.165) is 28.1 Å². The number of hydrogen-bond donors (Lipinski definition) is 1. The number of hydrogen-bond acceptors (Lipinski definition) is 3. The van der Waals surface area contributed by atoms with E-state index in [9.17, 15) is 4.79 Å². The molecule has 1 N–H and O–H groups in total. The molecular formula is C23H22N2O2.